The van der Waals surface area contributed by atoms with Crippen LogP contribution in [0, 0.1) is 5.92 Å². The fourth-order valence-corrected chi connectivity index (χ4v) is 3.01. The first-order valence-corrected chi connectivity index (χ1v) is 6.30. The van der Waals surface area contributed by atoms with Crippen molar-refractivity contribution in [1.29, 1.82) is 0 Å². The topological polar surface area (TPSA) is 26.3 Å². The lowest BCUT2D eigenvalue weighted by atomic mass is 9.95. The number of Topliss-reactive ketones (excluding diaryl/α,β-unsaturated/α-hetero) is 1. The number of carbonyl (C=O) groups is 1. The molecule has 2 aliphatic rings. The Bertz CT molecular complexity index is 241. The molecule has 2 rings (SSSR count). The molecule has 2 nitrogen and oxygen atoms in total. The number of carbonyl (C=O) groups excluding carboxylic acids is 1. The Morgan fingerprint density at radius 3 is 2.67 bits per heavy atom. The highest BCUT2D eigenvalue weighted by atomic mass is 16.5. The van der Waals surface area contributed by atoms with Crippen molar-refractivity contribution >= 4 is 5.78 Å². The van der Waals surface area contributed by atoms with E-state index in [0.717, 1.165) is 12.8 Å². The minimum absolute atomic E-state index is 0.173. The van der Waals surface area contributed by atoms with Gasteiger partial charge in [-0.3, -0.25) is 4.79 Å². The molecule has 0 bridgehead atoms. The van der Waals surface area contributed by atoms with Crippen molar-refractivity contribution in [2.24, 2.45) is 5.92 Å². The van der Waals surface area contributed by atoms with Crippen LogP contribution >= 0.6 is 0 Å². The lowest BCUT2D eigenvalue weighted by Gasteiger charge is -2.24. The van der Waals surface area contributed by atoms with Gasteiger partial charge < -0.3 is 4.74 Å². The minimum Gasteiger partial charge on any atom is -0.372 e. The largest absolute Gasteiger partial charge is 0.372 e. The van der Waals surface area contributed by atoms with E-state index >= 15 is 0 Å². The molecule has 2 unspecified atom stereocenters. The zero-order chi connectivity index (χ0) is 10.9. The van der Waals surface area contributed by atoms with Crippen molar-refractivity contribution in [3.63, 3.8) is 0 Å². The molecule has 0 amide bonds. The Hall–Kier alpha value is -0.370. The number of hydrogen-bond acceptors (Lipinski definition) is 2. The SMILES string of the molecule is CC(=O)C(C)CC1CCC2(CCCC2)O1. The van der Waals surface area contributed by atoms with Crippen LogP contribution in [0.5, 0.6) is 0 Å². The van der Waals surface area contributed by atoms with Crippen LogP contribution in [0.4, 0.5) is 0 Å². The summed E-state index contributed by atoms with van der Waals surface area (Å²) >= 11 is 0. The van der Waals surface area contributed by atoms with Gasteiger partial charge >= 0.3 is 0 Å². The third-order valence-corrected chi connectivity index (χ3v) is 4.16. The number of ether oxygens (including phenoxy) is 1. The first-order valence-electron chi connectivity index (χ1n) is 6.30. The molecule has 0 aromatic heterocycles. The fraction of sp³-hybridized carbons (Fsp3) is 0.923. The standard InChI is InChI=1S/C13H22O2/c1-10(11(2)14)9-12-5-8-13(15-12)6-3-4-7-13/h10,12H,3-9H2,1-2H3. The molecule has 1 aliphatic carbocycles. The quantitative estimate of drug-likeness (QED) is 0.715. The van der Waals surface area contributed by atoms with E-state index in [4.69, 9.17) is 4.74 Å². The molecule has 0 N–H and O–H groups in total. The van der Waals surface area contributed by atoms with Crippen LogP contribution in [0.1, 0.15) is 58.8 Å². The van der Waals surface area contributed by atoms with E-state index in [1.165, 1.54) is 32.1 Å². The van der Waals surface area contributed by atoms with Gasteiger partial charge in [0.05, 0.1) is 11.7 Å². The summed E-state index contributed by atoms with van der Waals surface area (Å²) in [4.78, 5) is 11.2. The van der Waals surface area contributed by atoms with Gasteiger partial charge in [0.2, 0.25) is 0 Å². The lowest BCUT2D eigenvalue weighted by Crippen LogP contribution is -2.26. The summed E-state index contributed by atoms with van der Waals surface area (Å²) in [5, 5.41) is 0. The molecule has 0 aromatic rings. The van der Waals surface area contributed by atoms with E-state index in [2.05, 4.69) is 0 Å². The van der Waals surface area contributed by atoms with E-state index in [1.54, 1.807) is 6.92 Å². The highest BCUT2D eigenvalue weighted by Crippen LogP contribution is 2.44. The summed E-state index contributed by atoms with van der Waals surface area (Å²) in [6.45, 7) is 3.70. The van der Waals surface area contributed by atoms with Crippen LogP contribution in [0.3, 0.4) is 0 Å². The first-order chi connectivity index (χ1) is 7.11. The normalized spacial score (nSPS) is 30.9. The van der Waals surface area contributed by atoms with E-state index in [-0.39, 0.29) is 11.5 Å². The van der Waals surface area contributed by atoms with Crippen molar-refractivity contribution in [3.05, 3.63) is 0 Å². The highest BCUT2D eigenvalue weighted by molar-refractivity contribution is 5.77. The smallest absolute Gasteiger partial charge is 0.132 e. The predicted octanol–water partition coefficient (Wildman–Crippen LogP) is 3.09. The third-order valence-electron chi connectivity index (χ3n) is 4.16. The molecular weight excluding hydrogens is 188 g/mol. The number of hydrogen-bond donors (Lipinski definition) is 0. The Labute approximate surface area is 92.4 Å². The van der Waals surface area contributed by atoms with E-state index in [1.807, 2.05) is 6.92 Å². The molecule has 0 radical (unpaired) electrons. The van der Waals surface area contributed by atoms with Gasteiger partial charge in [0.15, 0.2) is 0 Å². The molecule has 2 heteroatoms. The predicted molar refractivity (Wildman–Crippen MR) is 59.8 cm³/mol. The average molecular weight is 210 g/mol. The molecule has 1 saturated heterocycles. The van der Waals surface area contributed by atoms with Crippen molar-refractivity contribution in [2.45, 2.75) is 70.5 Å². The summed E-state index contributed by atoms with van der Waals surface area (Å²) in [6, 6.07) is 0. The van der Waals surface area contributed by atoms with Crippen LogP contribution in [0.15, 0.2) is 0 Å². The van der Waals surface area contributed by atoms with Gasteiger partial charge in [-0.05, 0) is 39.0 Å². The average Bonchev–Trinajstić information content (AvgIpc) is 2.78. The second-order valence-electron chi connectivity index (χ2n) is 5.42. The molecule has 1 heterocycles. The van der Waals surface area contributed by atoms with Gasteiger partial charge in [0.1, 0.15) is 5.78 Å². The maximum absolute atomic E-state index is 11.2. The Morgan fingerprint density at radius 2 is 2.07 bits per heavy atom. The molecule has 1 spiro atoms. The van der Waals surface area contributed by atoms with Crippen LogP contribution in [0.2, 0.25) is 0 Å². The van der Waals surface area contributed by atoms with Gasteiger partial charge in [-0.15, -0.1) is 0 Å². The molecule has 2 atom stereocenters. The Kier molecular flexibility index (Phi) is 3.15. The van der Waals surface area contributed by atoms with E-state index < -0.39 is 0 Å². The fourth-order valence-electron chi connectivity index (χ4n) is 3.01. The molecule has 0 aromatic carbocycles. The van der Waals surface area contributed by atoms with E-state index in [0.29, 0.717) is 11.9 Å². The van der Waals surface area contributed by atoms with Gasteiger partial charge in [-0.1, -0.05) is 19.8 Å². The van der Waals surface area contributed by atoms with Gasteiger partial charge in [-0.25, -0.2) is 0 Å². The molecule has 86 valence electrons. The minimum atomic E-state index is 0.173. The highest BCUT2D eigenvalue weighted by Gasteiger charge is 2.42. The van der Waals surface area contributed by atoms with Crippen LogP contribution in [0.25, 0.3) is 0 Å². The van der Waals surface area contributed by atoms with Crippen molar-refractivity contribution < 1.29 is 9.53 Å². The molecule has 15 heavy (non-hydrogen) atoms. The summed E-state index contributed by atoms with van der Waals surface area (Å²) in [5.74, 6) is 0.470. The second kappa shape index (κ2) is 4.25. The molecule has 1 saturated carbocycles. The zero-order valence-electron chi connectivity index (χ0n) is 9.92. The van der Waals surface area contributed by atoms with E-state index in [9.17, 15) is 4.79 Å². The summed E-state index contributed by atoms with van der Waals surface area (Å²) < 4.78 is 6.18. The molecule has 1 aliphatic heterocycles. The number of rotatable bonds is 3. The van der Waals surface area contributed by atoms with Crippen molar-refractivity contribution in [3.8, 4) is 0 Å². The lowest BCUT2D eigenvalue weighted by molar-refractivity contribution is -0.122. The van der Waals surface area contributed by atoms with Crippen molar-refractivity contribution in [1.82, 2.24) is 0 Å². The van der Waals surface area contributed by atoms with Crippen LogP contribution < -0.4 is 0 Å². The Balaban J connectivity index is 1.84. The summed E-state index contributed by atoms with van der Waals surface area (Å²) in [6.07, 6.45) is 8.82. The molecule has 2 fully saturated rings. The maximum atomic E-state index is 11.2. The first kappa shape index (κ1) is 11.1. The van der Waals surface area contributed by atoms with Crippen LogP contribution in [-0.4, -0.2) is 17.5 Å². The van der Waals surface area contributed by atoms with Crippen LogP contribution in [-0.2, 0) is 9.53 Å². The van der Waals surface area contributed by atoms with Gasteiger partial charge in [0.25, 0.3) is 0 Å². The van der Waals surface area contributed by atoms with Crippen molar-refractivity contribution in [2.75, 3.05) is 0 Å². The summed E-state index contributed by atoms with van der Waals surface area (Å²) in [7, 11) is 0. The summed E-state index contributed by atoms with van der Waals surface area (Å²) in [5.41, 5.74) is 0.223. The molecular formula is C13H22O2. The monoisotopic (exact) mass is 210 g/mol. The van der Waals surface area contributed by atoms with Gasteiger partial charge in [-0.2, -0.15) is 0 Å². The number of ketones is 1. The second-order valence-corrected chi connectivity index (χ2v) is 5.42. The zero-order valence-corrected chi connectivity index (χ0v) is 9.92. The maximum Gasteiger partial charge on any atom is 0.132 e. The van der Waals surface area contributed by atoms with Gasteiger partial charge in [0, 0.05) is 5.92 Å². The Morgan fingerprint density at radius 1 is 1.40 bits per heavy atom. The third kappa shape index (κ3) is 2.41.